The summed E-state index contributed by atoms with van der Waals surface area (Å²) in [7, 11) is 2.60. The second-order valence-electron chi connectivity index (χ2n) is 3.74. The Labute approximate surface area is 123 Å². The van der Waals surface area contributed by atoms with E-state index in [0.717, 1.165) is 0 Å². The van der Waals surface area contributed by atoms with Crippen molar-refractivity contribution in [3.63, 3.8) is 0 Å². The molecule has 0 aliphatic heterocycles. The van der Waals surface area contributed by atoms with Gasteiger partial charge in [0.2, 0.25) is 5.90 Å². The largest absolute Gasteiger partial charge is 0.479 e. The molecule has 0 saturated carbocycles. The molecule has 0 heterocycles. The number of hydrogen-bond acceptors (Lipinski definition) is 7. The Bertz CT molecular complexity index is 540. The van der Waals surface area contributed by atoms with Crippen molar-refractivity contribution in [3.05, 3.63) is 29.8 Å². The molecule has 7 nitrogen and oxygen atoms in total. The number of carbonyl (C=O) groups excluding carboxylic acids is 1. The minimum atomic E-state index is -0.640. The Morgan fingerprint density at radius 3 is 2.52 bits per heavy atom. The molecular formula is C14H18N2O5. The highest BCUT2D eigenvalue weighted by atomic mass is 16.7. The third-order valence-corrected chi connectivity index (χ3v) is 2.33. The summed E-state index contributed by atoms with van der Waals surface area (Å²) in [6, 6.07) is 6.77. The summed E-state index contributed by atoms with van der Waals surface area (Å²) in [5, 5.41) is 7.49. The molecule has 1 aromatic carbocycles. The van der Waals surface area contributed by atoms with Gasteiger partial charge >= 0.3 is 5.97 Å². The molecule has 0 saturated heterocycles. The van der Waals surface area contributed by atoms with E-state index in [1.807, 2.05) is 6.92 Å². The number of hydrogen-bond donors (Lipinski definition) is 0. The van der Waals surface area contributed by atoms with Crippen molar-refractivity contribution in [2.24, 2.45) is 10.3 Å². The van der Waals surface area contributed by atoms with E-state index in [1.54, 1.807) is 31.2 Å². The molecule has 0 radical (unpaired) electrons. The molecule has 0 spiro atoms. The summed E-state index contributed by atoms with van der Waals surface area (Å²) in [5.41, 5.74) is 0.388. The van der Waals surface area contributed by atoms with E-state index >= 15 is 0 Å². The van der Waals surface area contributed by atoms with Crippen LogP contribution in [0, 0.1) is 0 Å². The standard InChI is InChI=1S/C14H18N2O5/c1-5-20-10(2)15-21-12-9-7-6-8-11(12)13(16-19-4)14(17)18-3/h6-9H,5H2,1-4H3/b15-10-,16-13+. The van der Waals surface area contributed by atoms with Gasteiger partial charge in [0.1, 0.15) is 7.11 Å². The van der Waals surface area contributed by atoms with E-state index in [0.29, 0.717) is 23.8 Å². The van der Waals surface area contributed by atoms with Crippen LogP contribution in [0.2, 0.25) is 0 Å². The summed E-state index contributed by atoms with van der Waals surface area (Å²) < 4.78 is 9.83. The van der Waals surface area contributed by atoms with Crippen LogP contribution in [0.4, 0.5) is 0 Å². The van der Waals surface area contributed by atoms with Gasteiger partial charge in [-0.3, -0.25) is 0 Å². The van der Waals surface area contributed by atoms with Crippen LogP contribution in [0.25, 0.3) is 0 Å². The molecule has 0 atom stereocenters. The topological polar surface area (TPSA) is 78.7 Å². The minimum Gasteiger partial charge on any atom is -0.479 e. The van der Waals surface area contributed by atoms with Crippen LogP contribution in [0.3, 0.4) is 0 Å². The average molecular weight is 294 g/mol. The van der Waals surface area contributed by atoms with Crippen LogP contribution in [-0.4, -0.2) is 38.4 Å². The molecule has 0 fully saturated rings. The number of rotatable bonds is 6. The first kappa shape index (κ1) is 16.5. The lowest BCUT2D eigenvalue weighted by Gasteiger charge is -2.08. The van der Waals surface area contributed by atoms with Crippen LogP contribution < -0.4 is 4.84 Å². The number of para-hydroxylation sites is 1. The summed E-state index contributed by atoms with van der Waals surface area (Å²) in [4.78, 5) is 21.7. The Hall–Kier alpha value is -2.57. The molecule has 0 bridgehead atoms. The van der Waals surface area contributed by atoms with Crippen molar-refractivity contribution in [2.45, 2.75) is 13.8 Å². The van der Waals surface area contributed by atoms with E-state index < -0.39 is 5.97 Å². The van der Waals surface area contributed by atoms with E-state index in [1.165, 1.54) is 14.2 Å². The molecule has 0 N–H and O–H groups in total. The van der Waals surface area contributed by atoms with Gasteiger partial charge in [-0.25, -0.2) is 4.79 Å². The van der Waals surface area contributed by atoms with E-state index in [2.05, 4.69) is 19.9 Å². The van der Waals surface area contributed by atoms with Gasteiger partial charge in [-0.2, -0.15) is 0 Å². The van der Waals surface area contributed by atoms with Crippen LogP contribution in [0.5, 0.6) is 5.75 Å². The maximum Gasteiger partial charge on any atom is 0.360 e. The predicted octanol–water partition coefficient (Wildman–Crippen LogP) is 1.96. The fraction of sp³-hybridized carbons (Fsp3) is 0.357. The molecule has 1 aromatic rings. The monoisotopic (exact) mass is 294 g/mol. The van der Waals surface area contributed by atoms with Crippen molar-refractivity contribution < 1.29 is 23.9 Å². The van der Waals surface area contributed by atoms with Crippen LogP contribution in [0.1, 0.15) is 19.4 Å². The quantitative estimate of drug-likeness (QED) is 0.347. The SMILES string of the molecule is CCO/C(C)=N\Oc1ccccc1/C(=N\OC)C(=O)OC. The number of ether oxygens (including phenoxy) is 2. The second kappa shape index (κ2) is 8.57. The maximum atomic E-state index is 11.7. The zero-order valence-electron chi connectivity index (χ0n) is 12.5. The van der Waals surface area contributed by atoms with Gasteiger partial charge in [-0.15, -0.1) is 0 Å². The van der Waals surface area contributed by atoms with Crippen molar-refractivity contribution in [3.8, 4) is 5.75 Å². The molecule has 0 aliphatic rings. The molecule has 21 heavy (non-hydrogen) atoms. The lowest BCUT2D eigenvalue weighted by molar-refractivity contribution is -0.132. The summed E-state index contributed by atoms with van der Waals surface area (Å²) >= 11 is 0. The minimum absolute atomic E-state index is 0.0140. The first-order valence-electron chi connectivity index (χ1n) is 6.27. The Morgan fingerprint density at radius 1 is 1.19 bits per heavy atom. The highest BCUT2D eigenvalue weighted by molar-refractivity contribution is 6.43. The fourth-order valence-electron chi connectivity index (χ4n) is 1.47. The molecule has 0 aromatic heterocycles. The summed E-state index contributed by atoms with van der Waals surface area (Å²) in [6.07, 6.45) is 0. The van der Waals surface area contributed by atoms with Gasteiger partial charge in [0.15, 0.2) is 11.5 Å². The smallest absolute Gasteiger partial charge is 0.360 e. The van der Waals surface area contributed by atoms with Gasteiger partial charge in [-0.05, 0) is 24.2 Å². The average Bonchev–Trinajstić information content (AvgIpc) is 2.50. The maximum absolute atomic E-state index is 11.7. The normalized spacial score (nSPS) is 11.8. The number of methoxy groups -OCH3 is 1. The first-order valence-corrected chi connectivity index (χ1v) is 6.27. The van der Waals surface area contributed by atoms with E-state index in [-0.39, 0.29) is 5.71 Å². The zero-order valence-corrected chi connectivity index (χ0v) is 12.5. The Morgan fingerprint density at radius 2 is 1.90 bits per heavy atom. The van der Waals surface area contributed by atoms with E-state index in [4.69, 9.17) is 9.57 Å². The Balaban J connectivity index is 3.10. The van der Waals surface area contributed by atoms with Gasteiger partial charge in [-0.1, -0.05) is 17.3 Å². The van der Waals surface area contributed by atoms with Gasteiger partial charge in [0.05, 0.1) is 19.3 Å². The fourth-order valence-corrected chi connectivity index (χ4v) is 1.47. The van der Waals surface area contributed by atoms with Gasteiger partial charge in [0, 0.05) is 6.92 Å². The van der Waals surface area contributed by atoms with Crippen molar-refractivity contribution in [1.29, 1.82) is 0 Å². The number of esters is 1. The zero-order chi connectivity index (χ0) is 15.7. The number of nitrogens with zero attached hydrogens (tertiary/aromatic N) is 2. The van der Waals surface area contributed by atoms with Crippen molar-refractivity contribution in [2.75, 3.05) is 20.8 Å². The molecule has 0 unspecified atom stereocenters. The molecule has 1 rings (SSSR count). The summed E-state index contributed by atoms with van der Waals surface area (Å²) in [6.45, 7) is 3.99. The van der Waals surface area contributed by atoms with Gasteiger partial charge < -0.3 is 19.1 Å². The third kappa shape index (κ3) is 4.79. The number of oxime groups is 2. The number of benzene rings is 1. The molecule has 0 amide bonds. The highest BCUT2D eigenvalue weighted by Gasteiger charge is 2.20. The number of carbonyl (C=O) groups is 1. The molecule has 114 valence electrons. The van der Waals surface area contributed by atoms with E-state index in [9.17, 15) is 4.79 Å². The highest BCUT2D eigenvalue weighted by Crippen LogP contribution is 2.20. The molecular weight excluding hydrogens is 276 g/mol. The lowest BCUT2D eigenvalue weighted by Crippen LogP contribution is -2.18. The molecule has 0 aliphatic carbocycles. The summed E-state index contributed by atoms with van der Waals surface area (Å²) in [5.74, 6) is 0.0618. The van der Waals surface area contributed by atoms with Crippen molar-refractivity contribution >= 4 is 17.6 Å². The van der Waals surface area contributed by atoms with Crippen LogP contribution in [-0.2, 0) is 19.1 Å². The Kier molecular flexibility index (Phi) is 6.73. The second-order valence-corrected chi connectivity index (χ2v) is 3.74. The van der Waals surface area contributed by atoms with Gasteiger partial charge in [0.25, 0.3) is 0 Å². The van der Waals surface area contributed by atoms with Crippen molar-refractivity contribution in [1.82, 2.24) is 0 Å². The third-order valence-electron chi connectivity index (χ3n) is 2.33. The predicted molar refractivity (Wildman–Crippen MR) is 77.4 cm³/mol. The molecule has 7 heteroatoms. The first-order chi connectivity index (χ1) is 10.1. The lowest BCUT2D eigenvalue weighted by atomic mass is 10.1. The van der Waals surface area contributed by atoms with Crippen LogP contribution in [0.15, 0.2) is 34.6 Å². The van der Waals surface area contributed by atoms with Crippen LogP contribution >= 0.6 is 0 Å².